The molecule has 0 radical (unpaired) electrons. The summed E-state index contributed by atoms with van der Waals surface area (Å²) in [4.78, 5) is 22.8. The first kappa shape index (κ1) is 22.3. The second-order valence-electron chi connectivity index (χ2n) is 9.95. The Kier molecular flexibility index (Phi) is 5.25. The van der Waals surface area contributed by atoms with Crippen molar-refractivity contribution in [3.8, 4) is 17.4 Å². The summed E-state index contributed by atoms with van der Waals surface area (Å²) in [7, 11) is 1.62. The minimum atomic E-state index is -0.329. The third kappa shape index (κ3) is 3.88. The van der Waals surface area contributed by atoms with Gasteiger partial charge in [-0.2, -0.15) is 0 Å². The maximum absolute atomic E-state index is 13.5. The van der Waals surface area contributed by atoms with Gasteiger partial charge >= 0.3 is 0 Å². The lowest BCUT2D eigenvalue weighted by Crippen LogP contribution is -2.33. The van der Waals surface area contributed by atoms with Crippen LogP contribution < -0.4 is 14.2 Å². The molecule has 0 spiro atoms. The molecular weight excluding hydrogens is 456 g/mol. The van der Waals surface area contributed by atoms with E-state index >= 15 is 0 Å². The van der Waals surface area contributed by atoms with Crippen LogP contribution in [-0.2, 0) is 11.4 Å². The predicted octanol–water partition coefficient (Wildman–Crippen LogP) is 4.88. The molecule has 1 aliphatic carbocycles. The van der Waals surface area contributed by atoms with Gasteiger partial charge in [-0.15, -0.1) is 5.10 Å². The van der Waals surface area contributed by atoms with Crippen LogP contribution in [0.1, 0.15) is 49.6 Å². The van der Waals surface area contributed by atoms with Crippen LogP contribution in [-0.4, -0.2) is 32.5 Å². The highest BCUT2D eigenvalue weighted by Crippen LogP contribution is 2.50. The van der Waals surface area contributed by atoms with E-state index < -0.39 is 0 Å². The highest BCUT2D eigenvalue weighted by molar-refractivity contribution is 6.00. The third-order valence-electron chi connectivity index (χ3n) is 6.67. The molecule has 1 aliphatic heterocycles. The number of rotatable bonds is 5. The molecule has 36 heavy (non-hydrogen) atoms. The van der Waals surface area contributed by atoms with E-state index in [4.69, 9.17) is 19.2 Å². The van der Waals surface area contributed by atoms with Crippen LogP contribution in [0.3, 0.4) is 0 Å². The molecule has 2 aliphatic rings. The number of methoxy groups -OCH3 is 1. The Morgan fingerprint density at radius 1 is 1.06 bits per heavy atom. The molecule has 1 unspecified atom stereocenters. The van der Waals surface area contributed by atoms with Crippen molar-refractivity contribution in [2.24, 2.45) is 5.41 Å². The van der Waals surface area contributed by atoms with Gasteiger partial charge in [0.25, 0.3) is 0 Å². The second kappa shape index (κ2) is 8.48. The third-order valence-corrected chi connectivity index (χ3v) is 6.67. The van der Waals surface area contributed by atoms with Gasteiger partial charge in [0, 0.05) is 24.3 Å². The van der Waals surface area contributed by atoms with Crippen LogP contribution >= 0.6 is 0 Å². The Labute approximate surface area is 208 Å². The molecule has 8 heteroatoms. The van der Waals surface area contributed by atoms with Gasteiger partial charge in [-0.1, -0.05) is 44.2 Å². The summed E-state index contributed by atoms with van der Waals surface area (Å²) < 4.78 is 19.0. The normalized spacial score (nSPS) is 18.4. The molecule has 2 aromatic carbocycles. The molecule has 2 aromatic heterocycles. The van der Waals surface area contributed by atoms with Gasteiger partial charge in [-0.05, 0) is 35.2 Å². The van der Waals surface area contributed by atoms with Crippen LogP contribution in [0.2, 0.25) is 0 Å². The van der Waals surface area contributed by atoms with Gasteiger partial charge in [-0.25, -0.2) is 14.5 Å². The quantitative estimate of drug-likeness (QED) is 0.401. The molecule has 1 atom stereocenters. The monoisotopic (exact) mass is 482 g/mol. The summed E-state index contributed by atoms with van der Waals surface area (Å²) in [5.74, 6) is 2.89. The summed E-state index contributed by atoms with van der Waals surface area (Å²) in [6, 6.07) is 17.3. The summed E-state index contributed by atoms with van der Waals surface area (Å²) >= 11 is 0. The van der Waals surface area contributed by atoms with E-state index in [9.17, 15) is 4.79 Å². The topological polar surface area (TPSA) is 87.8 Å². The van der Waals surface area contributed by atoms with Crippen molar-refractivity contribution in [1.29, 1.82) is 0 Å². The zero-order valence-corrected chi connectivity index (χ0v) is 20.4. The summed E-state index contributed by atoms with van der Waals surface area (Å²) in [6.45, 7) is 4.37. The van der Waals surface area contributed by atoms with Crippen molar-refractivity contribution in [2.45, 2.75) is 39.2 Å². The van der Waals surface area contributed by atoms with Crippen molar-refractivity contribution in [3.63, 3.8) is 0 Å². The van der Waals surface area contributed by atoms with Crippen LogP contribution in [0.15, 0.2) is 72.3 Å². The number of allylic oxidation sites excluding steroid dienone is 2. The maximum Gasteiger partial charge on any atom is 0.228 e. The van der Waals surface area contributed by atoms with Gasteiger partial charge < -0.3 is 14.2 Å². The first-order valence-corrected chi connectivity index (χ1v) is 11.9. The molecule has 6 rings (SSSR count). The van der Waals surface area contributed by atoms with Gasteiger partial charge in [-0.3, -0.25) is 4.79 Å². The molecule has 0 N–H and O–H groups in total. The first-order valence-electron chi connectivity index (χ1n) is 11.9. The van der Waals surface area contributed by atoms with E-state index in [0.717, 1.165) is 16.9 Å². The number of ether oxygens (including phenoxy) is 3. The Balaban J connectivity index is 1.42. The maximum atomic E-state index is 13.5. The standard InChI is InChI=1S/C28H26N4O4/c1-28(2)13-20(33)24-21(14-28)36-27-25(23(24)17-7-5-4-6-8-17)26-30-22(31-32(26)16-29-27)15-35-19-11-9-18(34-3)10-12-19/h4-12,16,23H,13-15H2,1-3H3. The molecule has 0 bridgehead atoms. The molecule has 4 aromatic rings. The predicted molar refractivity (Wildman–Crippen MR) is 132 cm³/mol. The van der Waals surface area contributed by atoms with Crippen LogP contribution in [0.5, 0.6) is 17.4 Å². The molecule has 0 fully saturated rings. The first-order chi connectivity index (χ1) is 17.4. The summed E-state index contributed by atoms with van der Waals surface area (Å²) in [5.41, 5.74) is 2.88. The van der Waals surface area contributed by atoms with Gasteiger partial charge in [0.15, 0.2) is 17.3 Å². The van der Waals surface area contributed by atoms with E-state index in [2.05, 4.69) is 23.9 Å². The molecule has 3 heterocycles. The number of carbonyl (C=O) groups excluding carboxylic acids is 1. The Bertz CT molecular complexity index is 1490. The number of benzene rings is 2. The summed E-state index contributed by atoms with van der Waals surface area (Å²) in [5, 5.41) is 4.58. The highest BCUT2D eigenvalue weighted by atomic mass is 16.5. The molecule has 0 saturated carbocycles. The van der Waals surface area contributed by atoms with E-state index in [1.807, 2.05) is 54.6 Å². The number of carbonyl (C=O) groups is 1. The van der Waals surface area contributed by atoms with E-state index in [1.165, 1.54) is 0 Å². The van der Waals surface area contributed by atoms with Gasteiger partial charge in [0.05, 0.1) is 12.7 Å². The minimum absolute atomic E-state index is 0.102. The zero-order chi connectivity index (χ0) is 24.9. The number of hydrogen-bond acceptors (Lipinski definition) is 7. The number of fused-ring (bicyclic) bond motifs is 3. The highest BCUT2D eigenvalue weighted by Gasteiger charge is 2.43. The lowest BCUT2D eigenvalue weighted by atomic mass is 9.70. The Morgan fingerprint density at radius 3 is 2.56 bits per heavy atom. The number of hydrogen-bond donors (Lipinski definition) is 0. The van der Waals surface area contributed by atoms with Crippen molar-refractivity contribution in [3.05, 3.63) is 89.2 Å². The fraction of sp³-hybridized carbons (Fsp3) is 0.286. The number of Topliss-reactive ketones (excluding diaryl/α,β-unsaturated/α-hetero) is 1. The van der Waals surface area contributed by atoms with E-state index in [1.54, 1.807) is 18.0 Å². The molecule has 0 amide bonds. The fourth-order valence-corrected chi connectivity index (χ4v) is 5.05. The van der Waals surface area contributed by atoms with Crippen molar-refractivity contribution >= 4 is 11.4 Å². The minimum Gasteiger partial charge on any atom is -0.497 e. The zero-order valence-electron chi connectivity index (χ0n) is 20.4. The average Bonchev–Trinajstić information content (AvgIpc) is 3.30. The van der Waals surface area contributed by atoms with Gasteiger partial charge in [0.2, 0.25) is 5.88 Å². The lowest BCUT2D eigenvalue weighted by molar-refractivity contribution is -0.118. The SMILES string of the molecule is COc1ccc(OCc2nc3c4c(ncn3n2)OC2=C(C(=O)CC(C)(C)C2)C4c2ccccc2)cc1. The van der Waals surface area contributed by atoms with Crippen molar-refractivity contribution in [2.75, 3.05) is 7.11 Å². The van der Waals surface area contributed by atoms with Crippen LogP contribution in [0, 0.1) is 5.41 Å². The fourth-order valence-electron chi connectivity index (χ4n) is 5.05. The molecule has 182 valence electrons. The average molecular weight is 483 g/mol. The molecule has 8 nitrogen and oxygen atoms in total. The number of aromatic nitrogens is 4. The summed E-state index contributed by atoms with van der Waals surface area (Å²) in [6.07, 6.45) is 2.75. The smallest absolute Gasteiger partial charge is 0.228 e. The largest absolute Gasteiger partial charge is 0.497 e. The van der Waals surface area contributed by atoms with Crippen LogP contribution in [0.25, 0.3) is 5.65 Å². The van der Waals surface area contributed by atoms with Crippen molar-refractivity contribution in [1.82, 2.24) is 19.6 Å². The molecule has 0 saturated heterocycles. The second-order valence-corrected chi connectivity index (χ2v) is 9.95. The number of ketones is 1. The van der Waals surface area contributed by atoms with Crippen LogP contribution in [0.4, 0.5) is 0 Å². The Morgan fingerprint density at radius 2 is 1.81 bits per heavy atom. The van der Waals surface area contributed by atoms with E-state index in [-0.39, 0.29) is 23.7 Å². The van der Waals surface area contributed by atoms with Crippen molar-refractivity contribution < 1.29 is 19.0 Å². The Hall–Kier alpha value is -4.20. The van der Waals surface area contributed by atoms with E-state index in [0.29, 0.717) is 47.3 Å². The molecular formula is C28H26N4O4. The number of nitrogens with zero attached hydrogens (tertiary/aromatic N) is 4. The lowest BCUT2D eigenvalue weighted by Gasteiger charge is -2.37. The van der Waals surface area contributed by atoms with Gasteiger partial charge in [0.1, 0.15) is 30.2 Å².